The molecular formula is C21H33N3O2S. The molecule has 2 amide bonds. The number of hydrogen-bond donors (Lipinski definition) is 2. The summed E-state index contributed by atoms with van der Waals surface area (Å²) in [6, 6.07) is 7.70. The number of nitrogens with one attached hydrogen (secondary N) is 2. The first-order valence-corrected chi connectivity index (χ1v) is 11.0. The highest BCUT2D eigenvalue weighted by molar-refractivity contribution is 8.01. The van der Waals surface area contributed by atoms with Crippen LogP contribution < -0.4 is 10.6 Å². The molecule has 0 saturated carbocycles. The zero-order valence-corrected chi connectivity index (χ0v) is 17.6. The maximum atomic E-state index is 12.2. The lowest BCUT2D eigenvalue weighted by Crippen LogP contribution is -2.37. The van der Waals surface area contributed by atoms with Gasteiger partial charge in [0.2, 0.25) is 11.8 Å². The highest BCUT2D eigenvalue weighted by atomic mass is 32.2. The number of amides is 2. The summed E-state index contributed by atoms with van der Waals surface area (Å²) < 4.78 is 0. The summed E-state index contributed by atoms with van der Waals surface area (Å²) in [7, 11) is 0. The number of likely N-dealkylation sites (tertiary alicyclic amines) is 1. The van der Waals surface area contributed by atoms with Crippen molar-refractivity contribution in [1.29, 1.82) is 0 Å². The van der Waals surface area contributed by atoms with Crippen molar-refractivity contribution in [2.75, 3.05) is 37.2 Å². The Hall–Kier alpha value is -1.53. The van der Waals surface area contributed by atoms with Gasteiger partial charge in [0, 0.05) is 12.2 Å². The number of hydrogen-bond acceptors (Lipinski definition) is 4. The molecule has 27 heavy (non-hydrogen) atoms. The summed E-state index contributed by atoms with van der Waals surface area (Å²) in [4.78, 5) is 26.7. The van der Waals surface area contributed by atoms with Crippen LogP contribution in [0.1, 0.15) is 38.7 Å². The first-order chi connectivity index (χ1) is 12.9. The van der Waals surface area contributed by atoms with E-state index in [2.05, 4.69) is 22.5 Å². The number of anilines is 1. The largest absolute Gasteiger partial charge is 0.355 e. The number of aryl methyl sites for hydroxylation is 1. The Bertz CT molecular complexity index is 598. The lowest BCUT2D eigenvalue weighted by Gasteiger charge is -2.30. The fourth-order valence-electron chi connectivity index (χ4n) is 3.05. The van der Waals surface area contributed by atoms with E-state index in [-0.39, 0.29) is 22.8 Å². The van der Waals surface area contributed by atoms with Crippen LogP contribution in [0.5, 0.6) is 0 Å². The molecule has 1 aromatic rings. The number of rotatable bonds is 9. The van der Waals surface area contributed by atoms with Crippen molar-refractivity contribution in [1.82, 2.24) is 10.2 Å². The van der Waals surface area contributed by atoms with Crippen LogP contribution >= 0.6 is 11.8 Å². The molecule has 5 nitrogen and oxygen atoms in total. The molecule has 6 heteroatoms. The van der Waals surface area contributed by atoms with Crippen molar-refractivity contribution < 1.29 is 9.59 Å². The second-order valence-electron chi connectivity index (χ2n) is 7.54. The highest BCUT2D eigenvalue weighted by Crippen LogP contribution is 2.16. The van der Waals surface area contributed by atoms with Crippen molar-refractivity contribution >= 4 is 29.3 Å². The van der Waals surface area contributed by atoms with Crippen LogP contribution in [0.25, 0.3) is 0 Å². The van der Waals surface area contributed by atoms with Gasteiger partial charge in [0.25, 0.3) is 0 Å². The molecule has 1 unspecified atom stereocenters. The number of carbonyl (C=O) groups is 2. The molecule has 1 aromatic carbocycles. The number of benzene rings is 1. The highest BCUT2D eigenvalue weighted by Gasteiger charge is 2.17. The fourth-order valence-corrected chi connectivity index (χ4v) is 3.76. The quantitative estimate of drug-likeness (QED) is 0.634. The summed E-state index contributed by atoms with van der Waals surface area (Å²) in [5, 5.41) is 5.62. The molecule has 0 bridgehead atoms. The Balaban J connectivity index is 1.56. The first-order valence-electron chi connectivity index (χ1n) is 9.92. The molecule has 2 N–H and O–H groups in total. The SMILES string of the molecule is Cc1ccc(NC(=O)CSC(C)C(=O)NCCCN2CCC(C)CC2)cc1. The van der Waals surface area contributed by atoms with Crippen LogP contribution in [0.2, 0.25) is 0 Å². The molecule has 0 aromatic heterocycles. The van der Waals surface area contributed by atoms with Crippen LogP contribution in [0.15, 0.2) is 24.3 Å². The smallest absolute Gasteiger partial charge is 0.234 e. The van der Waals surface area contributed by atoms with Gasteiger partial charge in [-0.3, -0.25) is 9.59 Å². The van der Waals surface area contributed by atoms with Gasteiger partial charge in [0.15, 0.2) is 0 Å². The molecule has 1 aliphatic heterocycles. The van der Waals surface area contributed by atoms with Gasteiger partial charge in [0.1, 0.15) is 0 Å². The molecule has 0 aliphatic carbocycles. The van der Waals surface area contributed by atoms with E-state index in [4.69, 9.17) is 0 Å². The van der Waals surface area contributed by atoms with Gasteiger partial charge in [-0.25, -0.2) is 0 Å². The van der Waals surface area contributed by atoms with Gasteiger partial charge in [-0.15, -0.1) is 11.8 Å². The van der Waals surface area contributed by atoms with Crippen LogP contribution in [-0.4, -0.2) is 53.9 Å². The normalized spacial score (nSPS) is 16.7. The number of carbonyl (C=O) groups excluding carboxylic acids is 2. The third-order valence-corrected chi connectivity index (χ3v) is 6.14. The second kappa shape index (κ2) is 11.3. The van der Waals surface area contributed by atoms with Gasteiger partial charge < -0.3 is 15.5 Å². The first kappa shape index (κ1) is 21.8. The van der Waals surface area contributed by atoms with Crippen LogP contribution in [0.3, 0.4) is 0 Å². The molecule has 1 atom stereocenters. The molecule has 150 valence electrons. The van der Waals surface area contributed by atoms with E-state index in [0.29, 0.717) is 6.54 Å². The van der Waals surface area contributed by atoms with E-state index in [9.17, 15) is 9.59 Å². The van der Waals surface area contributed by atoms with Crippen molar-refractivity contribution in [3.05, 3.63) is 29.8 Å². The summed E-state index contributed by atoms with van der Waals surface area (Å²) in [5.41, 5.74) is 1.94. The minimum atomic E-state index is -0.232. The predicted octanol–water partition coefficient (Wildman–Crippen LogP) is 3.29. The van der Waals surface area contributed by atoms with Gasteiger partial charge in [0.05, 0.1) is 11.0 Å². The Morgan fingerprint density at radius 1 is 1.22 bits per heavy atom. The van der Waals surface area contributed by atoms with Crippen molar-refractivity contribution in [2.24, 2.45) is 5.92 Å². The zero-order valence-electron chi connectivity index (χ0n) is 16.8. The molecule has 1 aliphatic rings. The van der Waals surface area contributed by atoms with E-state index in [1.54, 1.807) is 0 Å². The summed E-state index contributed by atoms with van der Waals surface area (Å²) >= 11 is 1.37. The summed E-state index contributed by atoms with van der Waals surface area (Å²) in [5.74, 6) is 1.05. The molecule has 0 radical (unpaired) electrons. The van der Waals surface area contributed by atoms with Gasteiger partial charge >= 0.3 is 0 Å². The molecular weight excluding hydrogens is 358 g/mol. The average molecular weight is 392 g/mol. The standard InChI is InChI=1S/C21H33N3O2S/c1-16-5-7-19(8-6-16)23-20(25)15-27-18(3)21(26)22-11-4-12-24-13-9-17(2)10-14-24/h5-8,17-18H,4,9-15H2,1-3H3,(H,22,26)(H,23,25). The number of thioether (sulfide) groups is 1. The Kier molecular flexibility index (Phi) is 9.15. The molecule has 1 fully saturated rings. The van der Waals surface area contributed by atoms with Crippen LogP contribution in [0.4, 0.5) is 5.69 Å². The van der Waals surface area contributed by atoms with Crippen molar-refractivity contribution in [2.45, 2.75) is 45.3 Å². The molecule has 2 rings (SSSR count). The lowest BCUT2D eigenvalue weighted by molar-refractivity contribution is -0.120. The number of piperidine rings is 1. The van der Waals surface area contributed by atoms with Crippen LogP contribution in [0, 0.1) is 12.8 Å². The monoisotopic (exact) mass is 391 g/mol. The van der Waals surface area contributed by atoms with Gasteiger partial charge in [-0.05, 0) is 70.8 Å². The lowest BCUT2D eigenvalue weighted by atomic mass is 9.99. The third kappa shape index (κ3) is 8.35. The van der Waals surface area contributed by atoms with Crippen molar-refractivity contribution in [3.8, 4) is 0 Å². The third-order valence-electron chi connectivity index (χ3n) is 5.00. The topological polar surface area (TPSA) is 61.4 Å². The van der Waals surface area contributed by atoms with E-state index >= 15 is 0 Å². The molecule has 0 spiro atoms. The number of nitrogens with zero attached hydrogens (tertiary/aromatic N) is 1. The average Bonchev–Trinajstić information content (AvgIpc) is 2.66. The predicted molar refractivity (Wildman–Crippen MR) is 114 cm³/mol. The molecule has 1 saturated heterocycles. The fraction of sp³-hybridized carbons (Fsp3) is 0.619. The Labute approximate surface area is 167 Å². The maximum absolute atomic E-state index is 12.2. The Morgan fingerprint density at radius 2 is 1.89 bits per heavy atom. The van der Waals surface area contributed by atoms with E-state index in [0.717, 1.165) is 30.1 Å². The van der Waals surface area contributed by atoms with Crippen molar-refractivity contribution in [3.63, 3.8) is 0 Å². The van der Waals surface area contributed by atoms with E-state index in [1.807, 2.05) is 38.1 Å². The van der Waals surface area contributed by atoms with E-state index < -0.39 is 0 Å². The zero-order chi connectivity index (χ0) is 19.6. The minimum absolute atomic E-state index is 0.00963. The van der Waals surface area contributed by atoms with Gasteiger partial charge in [-0.2, -0.15) is 0 Å². The minimum Gasteiger partial charge on any atom is -0.355 e. The summed E-state index contributed by atoms with van der Waals surface area (Å²) in [6.45, 7) is 10.3. The second-order valence-corrected chi connectivity index (χ2v) is 8.87. The van der Waals surface area contributed by atoms with E-state index in [1.165, 1.54) is 37.7 Å². The van der Waals surface area contributed by atoms with Gasteiger partial charge in [-0.1, -0.05) is 24.6 Å². The van der Waals surface area contributed by atoms with Crippen LogP contribution in [-0.2, 0) is 9.59 Å². The maximum Gasteiger partial charge on any atom is 0.234 e. The summed E-state index contributed by atoms with van der Waals surface area (Å²) in [6.07, 6.45) is 3.54. The Morgan fingerprint density at radius 3 is 2.56 bits per heavy atom. The molecule has 1 heterocycles.